The van der Waals surface area contributed by atoms with E-state index in [-0.39, 0.29) is 32.2 Å². The van der Waals surface area contributed by atoms with Gasteiger partial charge in [-0.1, -0.05) is 83.1 Å². The zero-order valence-electron chi connectivity index (χ0n) is 28.7. The normalized spacial score (nSPS) is 13.7. The summed E-state index contributed by atoms with van der Waals surface area (Å²) in [7, 11) is 0. The summed E-state index contributed by atoms with van der Waals surface area (Å²) in [4.78, 5) is 23.2. The topological polar surface area (TPSA) is 112 Å². The zero-order chi connectivity index (χ0) is 35.5. The molecule has 0 aliphatic heterocycles. The van der Waals surface area contributed by atoms with Crippen LogP contribution in [0.1, 0.15) is 89.0 Å². The van der Waals surface area contributed by atoms with Crippen molar-refractivity contribution in [2.24, 2.45) is 0 Å². The Morgan fingerprint density at radius 1 is 0.851 bits per heavy atom. The molecule has 2 aromatic rings. The van der Waals surface area contributed by atoms with E-state index in [4.69, 9.17) is 42.1 Å². The summed E-state index contributed by atoms with van der Waals surface area (Å²) in [6.45, 7) is 20.4. The number of rotatable bonds is 19. The van der Waals surface area contributed by atoms with Gasteiger partial charge in [-0.15, -0.1) is 0 Å². The van der Waals surface area contributed by atoms with E-state index in [1.54, 1.807) is 0 Å². The minimum Gasteiger partial charge on any atom is -0.489 e. The van der Waals surface area contributed by atoms with Crippen LogP contribution in [0.5, 0.6) is 11.5 Å². The molecule has 2 aromatic carbocycles. The summed E-state index contributed by atoms with van der Waals surface area (Å²) in [6.07, 6.45) is 2.20. The maximum atomic E-state index is 11.9. The van der Waals surface area contributed by atoms with Crippen LogP contribution in [0, 0.1) is 13.8 Å². The van der Waals surface area contributed by atoms with Crippen molar-refractivity contribution in [3.8, 4) is 11.5 Å². The number of hydrogen-bond acceptors (Lipinski definition) is 8. The molecular formula is C37H50Cl2O8. The highest BCUT2D eigenvalue weighted by Gasteiger charge is 2.33. The average molecular weight is 694 g/mol. The zero-order valence-corrected chi connectivity index (χ0v) is 30.2. The van der Waals surface area contributed by atoms with Crippen molar-refractivity contribution in [1.29, 1.82) is 0 Å². The number of aliphatic hydroxyl groups excluding tert-OH is 2. The lowest BCUT2D eigenvalue weighted by Crippen LogP contribution is -2.39. The molecule has 0 saturated heterocycles. The monoisotopic (exact) mass is 692 g/mol. The molecule has 0 aromatic heterocycles. The van der Waals surface area contributed by atoms with Gasteiger partial charge < -0.3 is 29.2 Å². The maximum absolute atomic E-state index is 11.9. The molecule has 0 spiro atoms. The molecule has 0 fully saturated rings. The van der Waals surface area contributed by atoms with Gasteiger partial charge >= 0.3 is 11.9 Å². The van der Waals surface area contributed by atoms with Crippen molar-refractivity contribution >= 4 is 35.1 Å². The first-order chi connectivity index (χ1) is 22.1. The highest BCUT2D eigenvalue weighted by molar-refractivity contribution is 6.32. The number of aliphatic hydroxyl groups is 2. The van der Waals surface area contributed by atoms with E-state index in [1.807, 2.05) is 58.9 Å². The molecular weight excluding hydrogens is 643 g/mol. The van der Waals surface area contributed by atoms with Crippen LogP contribution in [0.25, 0.3) is 0 Å². The molecule has 2 rings (SSSR count). The maximum Gasteiger partial charge on any atom is 0.330 e. The number of hydrogen-bond donors (Lipinski definition) is 2. The number of ether oxygens (including phenoxy) is 4. The predicted molar refractivity (Wildman–Crippen MR) is 187 cm³/mol. The fraction of sp³-hybridized carbons (Fsp3) is 0.514. The van der Waals surface area contributed by atoms with E-state index < -0.39 is 35.2 Å². The number of carbonyl (C=O) groups excluding carboxylic acids is 2. The van der Waals surface area contributed by atoms with Crippen molar-refractivity contribution < 1.29 is 38.7 Å². The molecule has 0 radical (unpaired) electrons. The van der Waals surface area contributed by atoms with Crippen molar-refractivity contribution in [2.75, 3.05) is 13.2 Å². The molecule has 2 N–H and O–H groups in total. The molecule has 0 aliphatic rings. The van der Waals surface area contributed by atoms with Crippen LogP contribution in [-0.4, -0.2) is 59.3 Å². The summed E-state index contributed by atoms with van der Waals surface area (Å²) in [5, 5.41) is 22.0. The van der Waals surface area contributed by atoms with E-state index in [2.05, 4.69) is 27.0 Å². The van der Waals surface area contributed by atoms with Gasteiger partial charge in [0, 0.05) is 30.4 Å². The fourth-order valence-electron chi connectivity index (χ4n) is 5.40. The van der Waals surface area contributed by atoms with E-state index in [0.29, 0.717) is 40.8 Å². The quantitative estimate of drug-likeness (QED) is 0.113. The summed E-state index contributed by atoms with van der Waals surface area (Å²) >= 11 is 13.5. The summed E-state index contributed by atoms with van der Waals surface area (Å²) in [6, 6.07) is 7.75. The standard InChI is InChI=1S/C37H50Cl2O8/c1-10-29(19-27(40)21-44-32(42)11-2)46-35-24(7)16-26(18-31(35)39)36(8,9)25-15-23(6)34(30(38)17-25)45-22-28(41)20-37(13-4,14-5)47-33(43)12-3/h11-12,15-18,27-29,40-41H,2-3,10,13-14,19-22H2,1,4-9H3/t27?,28?,29-/m1/s1. The molecule has 8 nitrogen and oxygen atoms in total. The van der Waals surface area contributed by atoms with Crippen LogP contribution in [0.15, 0.2) is 49.6 Å². The lowest BCUT2D eigenvalue weighted by Gasteiger charge is -2.33. The molecule has 10 heteroatoms. The molecule has 260 valence electrons. The summed E-state index contributed by atoms with van der Waals surface area (Å²) < 4.78 is 22.8. The summed E-state index contributed by atoms with van der Waals surface area (Å²) in [5.41, 5.74) is 2.19. The Balaban J connectivity index is 2.22. The van der Waals surface area contributed by atoms with Crippen LogP contribution in [0.2, 0.25) is 10.0 Å². The Labute approximate surface area is 289 Å². The van der Waals surface area contributed by atoms with Gasteiger partial charge in [-0.25, -0.2) is 9.59 Å². The van der Waals surface area contributed by atoms with Gasteiger partial charge in [-0.05, 0) is 67.5 Å². The average Bonchev–Trinajstić information content (AvgIpc) is 3.03. The predicted octanol–water partition coefficient (Wildman–Crippen LogP) is 7.99. The van der Waals surface area contributed by atoms with E-state index in [9.17, 15) is 19.8 Å². The van der Waals surface area contributed by atoms with Crippen LogP contribution in [0.4, 0.5) is 0 Å². The SMILES string of the molecule is C=CC(=O)OCC(O)C[C@@H](CC)Oc1c(C)cc(C(C)(C)c2cc(C)c(OCC(O)CC(CC)(CC)OC(=O)C=C)c(Cl)c2)cc1Cl. The van der Waals surface area contributed by atoms with E-state index >= 15 is 0 Å². The Morgan fingerprint density at radius 2 is 1.38 bits per heavy atom. The van der Waals surface area contributed by atoms with Gasteiger partial charge in [-0.3, -0.25) is 0 Å². The van der Waals surface area contributed by atoms with Crippen molar-refractivity contribution in [3.63, 3.8) is 0 Å². The fourth-order valence-corrected chi connectivity index (χ4v) is 6.04. The molecule has 2 unspecified atom stereocenters. The molecule has 47 heavy (non-hydrogen) atoms. The molecule has 0 heterocycles. The first-order valence-electron chi connectivity index (χ1n) is 16.0. The smallest absolute Gasteiger partial charge is 0.330 e. The van der Waals surface area contributed by atoms with Crippen LogP contribution < -0.4 is 9.47 Å². The highest BCUT2D eigenvalue weighted by atomic mass is 35.5. The van der Waals surface area contributed by atoms with Crippen LogP contribution >= 0.6 is 23.2 Å². The second-order valence-electron chi connectivity index (χ2n) is 12.4. The number of aryl methyl sites for hydroxylation is 2. The second-order valence-corrected chi connectivity index (χ2v) is 13.2. The van der Waals surface area contributed by atoms with Gasteiger partial charge in [0.05, 0.1) is 22.3 Å². The first-order valence-corrected chi connectivity index (χ1v) is 16.7. The molecule has 0 bridgehead atoms. The lowest BCUT2D eigenvalue weighted by molar-refractivity contribution is -0.158. The number of carbonyl (C=O) groups is 2. The minimum absolute atomic E-state index is 0.0251. The number of esters is 2. The highest BCUT2D eigenvalue weighted by Crippen LogP contribution is 2.42. The molecule has 3 atom stereocenters. The molecule has 0 saturated carbocycles. The lowest BCUT2D eigenvalue weighted by atomic mass is 9.77. The van der Waals surface area contributed by atoms with Gasteiger partial charge in [-0.2, -0.15) is 0 Å². The third-order valence-electron chi connectivity index (χ3n) is 8.56. The van der Waals surface area contributed by atoms with Crippen LogP contribution in [-0.2, 0) is 24.5 Å². The Morgan fingerprint density at radius 3 is 1.85 bits per heavy atom. The number of halogens is 2. The van der Waals surface area contributed by atoms with Gasteiger partial charge in [0.2, 0.25) is 0 Å². The Hall–Kier alpha value is -3.04. The van der Waals surface area contributed by atoms with Gasteiger partial charge in [0.25, 0.3) is 0 Å². The third-order valence-corrected chi connectivity index (χ3v) is 9.12. The largest absolute Gasteiger partial charge is 0.489 e. The van der Waals surface area contributed by atoms with Crippen molar-refractivity contribution in [3.05, 3.63) is 81.9 Å². The van der Waals surface area contributed by atoms with Gasteiger partial charge in [0.1, 0.15) is 36.4 Å². The van der Waals surface area contributed by atoms with Crippen LogP contribution in [0.3, 0.4) is 0 Å². The van der Waals surface area contributed by atoms with E-state index in [0.717, 1.165) is 34.4 Å². The number of benzene rings is 2. The van der Waals surface area contributed by atoms with E-state index in [1.165, 1.54) is 0 Å². The van der Waals surface area contributed by atoms with Crippen molar-refractivity contribution in [2.45, 2.75) is 110 Å². The van der Waals surface area contributed by atoms with Crippen molar-refractivity contribution in [1.82, 2.24) is 0 Å². The molecule has 0 aliphatic carbocycles. The third kappa shape index (κ3) is 11.0. The molecule has 0 amide bonds. The van der Waals surface area contributed by atoms with Gasteiger partial charge in [0.15, 0.2) is 0 Å². The Kier molecular flexibility index (Phi) is 15.3. The minimum atomic E-state index is -0.896. The first kappa shape index (κ1) is 40.1. The summed E-state index contributed by atoms with van der Waals surface area (Å²) in [5.74, 6) is -0.122. The second kappa shape index (κ2) is 17.9. The Bertz CT molecular complexity index is 1350.